The fourth-order valence-corrected chi connectivity index (χ4v) is 4.89. The van der Waals surface area contributed by atoms with E-state index in [9.17, 15) is 9.18 Å². The van der Waals surface area contributed by atoms with E-state index in [2.05, 4.69) is 5.32 Å². The number of hydrogen-bond acceptors (Lipinski definition) is 4. The van der Waals surface area contributed by atoms with Crippen LogP contribution < -0.4 is 16.8 Å². The van der Waals surface area contributed by atoms with Crippen molar-refractivity contribution >= 4 is 46.0 Å². The van der Waals surface area contributed by atoms with Crippen LogP contribution >= 0.6 is 11.3 Å². The number of rotatable bonds is 4. The van der Waals surface area contributed by atoms with E-state index in [1.54, 1.807) is 28.0 Å². The Morgan fingerprint density at radius 1 is 0.970 bits per heavy atom. The first-order valence-electron chi connectivity index (χ1n) is 10.6. The molecule has 2 aliphatic heterocycles. The van der Waals surface area contributed by atoms with E-state index in [1.165, 1.54) is 17.4 Å². The smallest absolute Gasteiger partial charge is 0.265 e. The van der Waals surface area contributed by atoms with Crippen LogP contribution in [0.2, 0.25) is 0 Å². The van der Waals surface area contributed by atoms with Crippen LogP contribution in [0.5, 0.6) is 0 Å². The lowest BCUT2D eigenvalue weighted by Crippen LogP contribution is -2.39. The standard InChI is InChI=1S/C23H26FN7OS/c24-18-13-16(1-2-17(18)14-5-9-30(10-6-14)22(25)26)29-21(32)20-4-3-19(33-20)15-7-11-31(12-8-15)23(27)28/h1-5,7,13H,6,8-12H2,(H3,25,26)(H3,27,28)(H,29,32). The van der Waals surface area contributed by atoms with Gasteiger partial charge in [0.25, 0.3) is 5.91 Å². The molecule has 0 spiro atoms. The van der Waals surface area contributed by atoms with Gasteiger partial charge in [-0.2, -0.15) is 0 Å². The summed E-state index contributed by atoms with van der Waals surface area (Å²) in [5.41, 5.74) is 13.9. The van der Waals surface area contributed by atoms with E-state index < -0.39 is 5.82 Å². The van der Waals surface area contributed by atoms with Gasteiger partial charge in [0.1, 0.15) is 5.82 Å². The van der Waals surface area contributed by atoms with Crippen LogP contribution in [0.15, 0.2) is 42.5 Å². The molecule has 0 unspecified atom stereocenters. The number of hydrogen-bond donors (Lipinski definition) is 5. The molecule has 1 amide bonds. The first kappa shape index (κ1) is 22.5. The van der Waals surface area contributed by atoms with E-state index in [4.69, 9.17) is 22.3 Å². The van der Waals surface area contributed by atoms with Crippen LogP contribution in [-0.2, 0) is 0 Å². The van der Waals surface area contributed by atoms with Gasteiger partial charge in [-0.05, 0) is 54.3 Å². The van der Waals surface area contributed by atoms with E-state index in [0.717, 1.165) is 22.4 Å². The summed E-state index contributed by atoms with van der Waals surface area (Å²) < 4.78 is 14.8. The molecular weight excluding hydrogens is 441 g/mol. The highest BCUT2D eigenvalue weighted by atomic mass is 32.1. The van der Waals surface area contributed by atoms with Crippen molar-refractivity contribution in [1.29, 1.82) is 10.8 Å². The molecule has 1 aromatic heterocycles. The van der Waals surface area contributed by atoms with Crippen LogP contribution in [0.1, 0.15) is 33.0 Å². The molecule has 172 valence electrons. The first-order valence-corrected chi connectivity index (χ1v) is 11.4. The van der Waals surface area contributed by atoms with Gasteiger partial charge >= 0.3 is 0 Å². The Labute approximate surface area is 195 Å². The zero-order chi connectivity index (χ0) is 23.5. The first-order chi connectivity index (χ1) is 15.8. The molecule has 4 rings (SSSR count). The number of nitrogens with one attached hydrogen (secondary N) is 3. The van der Waals surface area contributed by atoms with Gasteiger partial charge in [-0.3, -0.25) is 15.6 Å². The zero-order valence-electron chi connectivity index (χ0n) is 18.0. The normalized spacial score (nSPS) is 16.2. The van der Waals surface area contributed by atoms with Gasteiger partial charge in [0.2, 0.25) is 0 Å². The van der Waals surface area contributed by atoms with Crippen LogP contribution in [0.25, 0.3) is 11.1 Å². The highest BCUT2D eigenvalue weighted by Crippen LogP contribution is 2.30. The summed E-state index contributed by atoms with van der Waals surface area (Å²) >= 11 is 1.39. The van der Waals surface area contributed by atoms with E-state index in [1.807, 2.05) is 18.2 Å². The molecule has 0 fully saturated rings. The second kappa shape index (κ2) is 9.45. The van der Waals surface area contributed by atoms with Crippen molar-refractivity contribution in [1.82, 2.24) is 9.80 Å². The van der Waals surface area contributed by atoms with Gasteiger partial charge in [-0.1, -0.05) is 12.2 Å². The molecule has 33 heavy (non-hydrogen) atoms. The molecule has 0 radical (unpaired) electrons. The minimum Gasteiger partial charge on any atom is -0.370 e. The Hall–Kier alpha value is -3.66. The number of thiophene rings is 1. The predicted octanol–water partition coefficient (Wildman–Crippen LogP) is 3.10. The number of halogens is 1. The Morgan fingerprint density at radius 2 is 1.61 bits per heavy atom. The molecule has 0 saturated carbocycles. The monoisotopic (exact) mass is 467 g/mol. The van der Waals surface area contributed by atoms with Crippen molar-refractivity contribution in [2.75, 3.05) is 31.5 Å². The average Bonchev–Trinajstić information content (AvgIpc) is 3.30. The summed E-state index contributed by atoms with van der Waals surface area (Å²) in [5, 5.41) is 17.8. The number of anilines is 1. The lowest BCUT2D eigenvalue weighted by molar-refractivity contribution is 0.103. The minimum atomic E-state index is -0.399. The van der Waals surface area contributed by atoms with Crippen molar-refractivity contribution < 1.29 is 9.18 Å². The molecule has 0 bridgehead atoms. The van der Waals surface area contributed by atoms with Gasteiger partial charge in [0.05, 0.1) is 4.88 Å². The summed E-state index contributed by atoms with van der Waals surface area (Å²) in [6.07, 6.45) is 5.26. The predicted molar refractivity (Wildman–Crippen MR) is 131 cm³/mol. The third kappa shape index (κ3) is 5.06. The lowest BCUT2D eigenvalue weighted by atomic mass is 9.98. The van der Waals surface area contributed by atoms with Gasteiger partial charge < -0.3 is 26.6 Å². The SMILES string of the molecule is N=C(N)N1CC=C(c2ccc(C(=O)Nc3ccc(C4=CCN(C(=N)N)CC4)c(F)c3)s2)CC1. The maximum atomic E-state index is 14.8. The molecular formula is C23H26FN7OS. The summed E-state index contributed by atoms with van der Waals surface area (Å²) in [5.74, 6) is -0.607. The molecule has 10 heteroatoms. The average molecular weight is 468 g/mol. The van der Waals surface area contributed by atoms with Gasteiger partial charge in [0.15, 0.2) is 11.9 Å². The Bertz CT molecular complexity index is 1170. The number of nitrogens with zero attached hydrogens (tertiary/aromatic N) is 2. The second-order valence-electron chi connectivity index (χ2n) is 7.93. The third-order valence-electron chi connectivity index (χ3n) is 5.82. The quantitative estimate of drug-likeness (QED) is 0.348. The van der Waals surface area contributed by atoms with Crippen molar-refractivity contribution in [2.24, 2.45) is 11.5 Å². The molecule has 2 aliphatic rings. The maximum absolute atomic E-state index is 14.8. The molecule has 0 atom stereocenters. The number of amides is 1. The van der Waals surface area contributed by atoms with Crippen molar-refractivity contribution in [3.05, 3.63) is 63.6 Å². The maximum Gasteiger partial charge on any atom is 0.265 e. The van der Waals surface area contributed by atoms with Gasteiger partial charge in [0, 0.05) is 42.3 Å². The number of nitrogens with two attached hydrogens (primary N) is 2. The summed E-state index contributed by atoms with van der Waals surface area (Å²) in [6.45, 7) is 2.31. The molecule has 7 N–H and O–H groups in total. The second-order valence-corrected chi connectivity index (χ2v) is 9.02. The third-order valence-corrected chi connectivity index (χ3v) is 6.98. The summed E-state index contributed by atoms with van der Waals surface area (Å²) in [4.78, 5) is 17.8. The van der Waals surface area contributed by atoms with Crippen LogP contribution in [0, 0.1) is 16.6 Å². The van der Waals surface area contributed by atoms with Gasteiger partial charge in [-0.25, -0.2) is 4.39 Å². The van der Waals surface area contributed by atoms with Crippen molar-refractivity contribution in [3.63, 3.8) is 0 Å². The number of carbonyl (C=O) groups excluding carboxylic acids is 1. The Balaban J connectivity index is 1.41. The highest BCUT2D eigenvalue weighted by Gasteiger charge is 2.19. The van der Waals surface area contributed by atoms with Crippen molar-refractivity contribution in [2.45, 2.75) is 12.8 Å². The molecule has 8 nitrogen and oxygen atoms in total. The van der Waals surface area contributed by atoms with E-state index in [-0.39, 0.29) is 17.8 Å². The molecule has 1 aromatic carbocycles. The summed E-state index contributed by atoms with van der Waals surface area (Å²) in [6, 6.07) is 8.39. The topological polar surface area (TPSA) is 135 Å². The fraction of sp³-hybridized carbons (Fsp3) is 0.261. The zero-order valence-corrected chi connectivity index (χ0v) is 18.8. The van der Waals surface area contributed by atoms with E-state index >= 15 is 0 Å². The molecule has 2 aromatic rings. The number of guanidine groups is 2. The van der Waals surface area contributed by atoms with Crippen molar-refractivity contribution in [3.8, 4) is 0 Å². The fourth-order valence-electron chi connectivity index (χ4n) is 3.92. The van der Waals surface area contributed by atoms with Crippen LogP contribution in [0.3, 0.4) is 0 Å². The summed E-state index contributed by atoms with van der Waals surface area (Å²) in [7, 11) is 0. The largest absolute Gasteiger partial charge is 0.370 e. The van der Waals surface area contributed by atoms with Gasteiger partial charge in [-0.15, -0.1) is 11.3 Å². The lowest BCUT2D eigenvalue weighted by Gasteiger charge is -2.26. The Kier molecular flexibility index (Phi) is 6.45. The molecule has 0 saturated heterocycles. The number of carbonyl (C=O) groups is 1. The highest BCUT2D eigenvalue weighted by molar-refractivity contribution is 7.15. The van der Waals surface area contributed by atoms with Crippen LogP contribution in [0.4, 0.5) is 10.1 Å². The minimum absolute atomic E-state index is 0.0124. The molecule has 3 heterocycles. The van der Waals surface area contributed by atoms with E-state index in [0.29, 0.717) is 48.7 Å². The molecule has 0 aliphatic carbocycles. The Morgan fingerprint density at radius 3 is 2.15 bits per heavy atom. The number of benzene rings is 1. The van der Waals surface area contributed by atoms with Crippen LogP contribution in [-0.4, -0.2) is 53.8 Å².